The van der Waals surface area contributed by atoms with Crippen molar-refractivity contribution in [3.63, 3.8) is 0 Å². The van der Waals surface area contributed by atoms with E-state index < -0.39 is 0 Å². The molecular formula is C12H15BrFNO. The second kappa shape index (κ2) is 5.25. The van der Waals surface area contributed by atoms with Crippen LogP contribution in [0, 0.1) is 11.7 Å². The van der Waals surface area contributed by atoms with Crippen LogP contribution in [-0.2, 0) is 4.74 Å². The van der Waals surface area contributed by atoms with Crippen molar-refractivity contribution in [1.82, 2.24) is 5.32 Å². The highest BCUT2D eigenvalue weighted by Gasteiger charge is 2.28. The maximum absolute atomic E-state index is 14.0. The molecule has 1 aromatic rings. The van der Waals surface area contributed by atoms with Crippen molar-refractivity contribution in [2.75, 3.05) is 20.3 Å². The smallest absolute Gasteiger partial charge is 0.142 e. The molecule has 0 aliphatic carbocycles. The molecule has 2 rings (SSSR count). The van der Waals surface area contributed by atoms with Crippen LogP contribution in [0.1, 0.15) is 18.0 Å². The summed E-state index contributed by atoms with van der Waals surface area (Å²) < 4.78 is 19.8. The van der Waals surface area contributed by atoms with E-state index in [-0.39, 0.29) is 11.9 Å². The van der Waals surface area contributed by atoms with Crippen LogP contribution in [-0.4, -0.2) is 20.3 Å². The normalized spacial score (nSPS) is 22.3. The fourth-order valence-electron chi connectivity index (χ4n) is 2.22. The van der Waals surface area contributed by atoms with Gasteiger partial charge in [0.25, 0.3) is 0 Å². The zero-order valence-electron chi connectivity index (χ0n) is 9.17. The molecule has 1 N–H and O–H groups in total. The van der Waals surface area contributed by atoms with Crippen molar-refractivity contribution < 1.29 is 9.13 Å². The van der Waals surface area contributed by atoms with E-state index in [1.54, 1.807) is 6.07 Å². The van der Waals surface area contributed by atoms with E-state index in [1.165, 1.54) is 0 Å². The van der Waals surface area contributed by atoms with Crippen LogP contribution < -0.4 is 5.32 Å². The van der Waals surface area contributed by atoms with Gasteiger partial charge in [-0.05, 0) is 35.5 Å². The van der Waals surface area contributed by atoms with E-state index in [0.29, 0.717) is 22.6 Å². The molecule has 0 amide bonds. The largest absolute Gasteiger partial charge is 0.381 e. The fourth-order valence-corrected chi connectivity index (χ4v) is 2.60. The summed E-state index contributed by atoms with van der Waals surface area (Å²) in [6, 6.07) is 5.44. The van der Waals surface area contributed by atoms with E-state index >= 15 is 0 Å². The van der Waals surface area contributed by atoms with E-state index in [1.807, 2.05) is 19.2 Å². The van der Waals surface area contributed by atoms with Crippen molar-refractivity contribution in [3.8, 4) is 0 Å². The Labute approximate surface area is 103 Å². The first kappa shape index (κ1) is 12.0. The van der Waals surface area contributed by atoms with Gasteiger partial charge in [0, 0.05) is 24.1 Å². The summed E-state index contributed by atoms with van der Waals surface area (Å²) >= 11 is 3.22. The minimum atomic E-state index is -0.172. The van der Waals surface area contributed by atoms with Crippen molar-refractivity contribution in [2.45, 2.75) is 12.5 Å². The molecule has 1 aliphatic heterocycles. The van der Waals surface area contributed by atoms with Crippen molar-refractivity contribution in [3.05, 3.63) is 34.1 Å². The van der Waals surface area contributed by atoms with Crippen LogP contribution in [0.15, 0.2) is 22.7 Å². The van der Waals surface area contributed by atoms with E-state index in [2.05, 4.69) is 21.2 Å². The Morgan fingerprint density at radius 1 is 1.56 bits per heavy atom. The number of rotatable bonds is 3. The molecule has 1 aromatic carbocycles. The summed E-state index contributed by atoms with van der Waals surface area (Å²) in [5.41, 5.74) is 0.715. The molecule has 4 heteroatoms. The summed E-state index contributed by atoms with van der Waals surface area (Å²) in [4.78, 5) is 0. The summed E-state index contributed by atoms with van der Waals surface area (Å²) in [6.45, 7) is 1.48. The molecule has 1 fully saturated rings. The van der Waals surface area contributed by atoms with Gasteiger partial charge in [0.05, 0.1) is 11.1 Å². The first-order valence-electron chi connectivity index (χ1n) is 5.43. The van der Waals surface area contributed by atoms with Crippen LogP contribution >= 0.6 is 15.9 Å². The molecule has 0 aromatic heterocycles. The maximum Gasteiger partial charge on any atom is 0.142 e. The minimum absolute atomic E-state index is 0.0278. The van der Waals surface area contributed by atoms with Crippen LogP contribution in [0.5, 0.6) is 0 Å². The third-order valence-electron chi connectivity index (χ3n) is 3.06. The fraction of sp³-hybridized carbons (Fsp3) is 0.500. The van der Waals surface area contributed by atoms with Gasteiger partial charge in [0.1, 0.15) is 5.82 Å². The van der Waals surface area contributed by atoms with Crippen molar-refractivity contribution >= 4 is 15.9 Å². The predicted molar refractivity (Wildman–Crippen MR) is 64.8 cm³/mol. The molecule has 1 aliphatic rings. The Hall–Kier alpha value is -0.450. The van der Waals surface area contributed by atoms with Gasteiger partial charge in [0.15, 0.2) is 0 Å². The molecule has 0 radical (unpaired) electrons. The lowest BCUT2D eigenvalue weighted by atomic mass is 9.92. The Morgan fingerprint density at radius 3 is 3.00 bits per heavy atom. The molecule has 88 valence electrons. The van der Waals surface area contributed by atoms with Gasteiger partial charge in [0.2, 0.25) is 0 Å². The number of nitrogens with one attached hydrogen (secondary N) is 1. The number of ether oxygens (including phenoxy) is 1. The molecule has 2 nitrogen and oxygen atoms in total. The monoisotopic (exact) mass is 287 g/mol. The minimum Gasteiger partial charge on any atom is -0.381 e. The molecule has 16 heavy (non-hydrogen) atoms. The van der Waals surface area contributed by atoms with Gasteiger partial charge in [-0.1, -0.05) is 12.1 Å². The topological polar surface area (TPSA) is 21.3 Å². The molecule has 0 spiro atoms. The quantitative estimate of drug-likeness (QED) is 0.923. The average molecular weight is 288 g/mol. The first-order valence-corrected chi connectivity index (χ1v) is 6.22. The lowest BCUT2D eigenvalue weighted by molar-refractivity contribution is 0.177. The lowest BCUT2D eigenvalue weighted by Gasteiger charge is -2.23. The third-order valence-corrected chi connectivity index (χ3v) is 3.68. The number of benzene rings is 1. The van der Waals surface area contributed by atoms with Gasteiger partial charge in [-0.3, -0.25) is 0 Å². The van der Waals surface area contributed by atoms with Crippen LogP contribution in [0.25, 0.3) is 0 Å². The summed E-state index contributed by atoms with van der Waals surface area (Å²) in [5, 5.41) is 3.19. The highest BCUT2D eigenvalue weighted by Crippen LogP contribution is 2.32. The third kappa shape index (κ3) is 2.29. The van der Waals surface area contributed by atoms with Crippen molar-refractivity contribution in [1.29, 1.82) is 0 Å². The molecule has 1 heterocycles. The number of hydrogen-bond acceptors (Lipinski definition) is 2. The first-order chi connectivity index (χ1) is 7.74. The zero-order valence-corrected chi connectivity index (χ0v) is 10.8. The maximum atomic E-state index is 14.0. The summed E-state index contributed by atoms with van der Waals surface area (Å²) in [5.74, 6) is 0.183. The molecule has 2 unspecified atom stereocenters. The zero-order chi connectivity index (χ0) is 11.5. The Bertz CT molecular complexity index is 366. The standard InChI is InChI=1S/C12H15BrFNO/c1-15-12(8-5-6-16-7-8)9-3-2-4-10(13)11(9)14/h2-4,8,12,15H,5-7H2,1H3. The van der Waals surface area contributed by atoms with E-state index in [9.17, 15) is 4.39 Å². The molecular weight excluding hydrogens is 273 g/mol. The molecule has 2 atom stereocenters. The van der Waals surface area contributed by atoms with Gasteiger partial charge in [-0.2, -0.15) is 0 Å². The molecule has 0 bridgehead atoms. The Morgan fingerprint density at radius 2 is 2.38 bits per heavy atom. The van der Waals surface area contributed by atoms with Gasteiger partial charge < -0.3 is 10.1 Å². The number of hydrogen-bond donors (Lipinski definition) is 1. The lowest BCUT2D eigenvalue weighted by Crippen LogP contribution is -2.26. The summed E-state index contributed by atoms with van der Waals surface area (Å²) in [7, 11) is 1.86. The van der Waals surface area contributed by atoms with E-state index in [0.717, 1.165) is 13.0 Å². The second-order valence-corrected chi connectivity index (χ2v) is 4.89. The predicted octanol–water partition coefficient (Wildman–Crippen LogP) is 2.89. The van der Waals surface area contributed by atoms with Gasteiger partial charge in [-0.15, -0.1) is 0 Å². The SMILES string of the molecule is CNC(c1cccc(Br)c1F)C1CCOC1. The highest BCUT2D eigenvalue weighted by molar-refractivity contribution is 9.10. The summed E-state index contributed by atoms with van der Waals surface area (Å²) in [6.07, 6.45) is 0.984. The van der Waals surface area contributed by atoms with Crippen molar-refractivity contribution in [2.24, 2.45) is 5.92 Å². The van der Waals surface area contributed by atoms with Crippen LogP contribution in [0.4, 0.5) is 4.39 Å². The Balaban J connectivity index is 2.28. The van der Waals surface area contributed by atoms with Crippen LogP contribution in [0.3, 0.4) is 0 Å². The second-order valence-electron chi connectivity index (χ2n) is 4.03. The molecule has 0 saturated carbocycles. The Kier molecular flexibility index (Phi) is 3.95. The van der Waals surface area contributed by atoms with Gasteiger partial charge >= 0.3 is 0 Å². The average Bonchev–Trinajstić information content (AvgIpc) is 2.79. The van der Waals surface area contributed by atoms with E-state index in [4.69, 9.17) is 4.74 Å². The van der Waals surface area contributed by atoms with Crippen LogP contribution in [0.2, 0.25) is 0 Å². The highest BCUT2D eigenvalue weighted by atomic mass is 79.9. The number of halogens is 2. The molecule has 1 saturated heterocycles. The van der Waals surface area contributed by atoms with Gasteiger partial charge in [-0.25, -0.2) is 4.39 Å².